The van der Waals surface area contributed by atoms with Crippen LogP contribution < -0.4 is 5.69 Å². The number of aromatic nitrogens is 4. The van der Waals surface area contributed by atoms with Gasteiger partial charge in [0.15, 0.2) is 0 Å². The molecule has 0 aliphatic heterocycles. The highest BCUT2D eigenvalue weighted by Gasteiger charge is 2.04. The highest BCUT2D eigenvalue weighted by molar-refractivity contribution is 4.58. The molecule has 0 atom stereocenters. The van der Waals surface area contributed by atoms with E-state index in [4.69, 9.17) is 0 Å². The molecule has 1 aromatic rings. The molecule has 13 heavy (non-hydrogen) atoms. The van der Waals surface area contributed by atoms with Crippen LogP contribution in [-0.4, -0.2) is 19.8 Å². The van der Waals surface area contributed by atoms with Crippen molar-refractivity contribution in [2.24, 2.45) is 5.92 Å². The molecule has 5 nitrogen and oxygen atoms in total. The van der Waals surface area contributed by atoms with Crippen LogP contribution in [0.15, 0.2) is 4.79 Å². The molecule has 0 bridgehead atoms. The zero-order valence-corrected chi connectivity index (χ0v) is 8.40. The molecular formula is C8H16N4O. The van der Waals surface area contributed by atoms with Gasteiger partial charge in [-0.15, -0.1) is 0 Å². The lowest BCUT2D eigenvalue weighted by Gasteiger charge is -2.01. The quantitative estimate of drug-likeness (QED) is 0.685. The number of nitrogens with zero attached hydrogens (tertiary/aromatic N) is 4. The van der Waals surface area contributed by atoms with Crippen LogP contribution in [0.4, 0.5) is 0 Å². The summed E-state index contributed by atoms with van der Waals surface area (Å²) in [4.78, 5) is 11.4. The summed E-state index contributed by atoms with van der Waals surface area (Å²) >= 11 is 0. The van der Waals surface area contributed by atoms with E-state index in [0.717, 1.165) is 6.42 Å². The molecule has 1 aromatic heterocycles. The summed E-state index contributed by atoms with van der Waals surface area (Å²) in [5.41, 5.74) is -0.108. The van der Waals surface area contributed by atoms with Gasteiger partial charge in [-0.05, 0) is 29.7 Å². The van der Waals surface area contributed by atoms with Crippen molar-refractivity contribution in [3.63, 3.8) is 0 Å². The fourth-order valence-corrected chi connectivity index (χ4v) is 1.03. The van der Waals surface area contributed by atoms with Gasteiger partial charge in [-0.3, -0.25) is 0 Å². The number of rotatable bonds is 4. The number of hydrogen-bond donors (Lipinski definition) is 0. The van der Waals surface area contributed by atoms with Crippen LogP contribution in [0.3, 0.4) is 0 Å². The van der Waals surface area contributed by atoms with E-state index in [1.165, 1.54) is 9.36 Å². The molecular weight excluding hydrogens is 168 g/mol. The Labute approximate surface area is 77.3 Å². The lowest BCUT2D eigenvalue weighted by molar-refractivity contribution is 0.470. The van der Waals surface area contributed by atoms with Crippen molar-refractivity contribution in [3.05, 3.63) is 10.5 Å². The Balaban J connectivity index is 2.68. The molecule has 0 N–H and O–H groups in total. The zero-order chi connectivity index (χ0) is 9.84. The van der Waals surface area contributed by atoms with Gasteiger partial charge in [0, 0.05) is 13.1 Å². The third-order valence-corrected chi connectivity index (χ3v) is 1.92. The number of hydrogen-bond acceptors (Lipinski definition) is 3. The molecule has 74 valence electrons. The Morgan fingerprint density at radius 3 is 2.38 bits per heavy atom. The molecule has 0 radical (unpaired) electrons. The Morgan fingerprint density at radius 2 is 1.92 bits per heavy atom. The summed E-state index contributed by atoms with van der Waals surface area (Å²) in [6.07, 6.45) is 0.961. The van der Waals surface area contributed by atoms with Crippen molar-refractivity contribution in [2.45, 2.75) is 40.3 Å². The van der Waals surface area contributed by atoms with E-state index >= 15 is 0 Å². The molecule has 0 fully saturated rings. The average Bonchev–Trinajstić information content (AvgIpc) is 2.43. The first-order valence-electron chi connectivity index (χ1n) is 4.65. The molecule has 0 aliphatic carbocycles. The molecule has 0 saturated carbocycles. The Morgan fingerprint density at radius 1 is 1.31 bits per heavy atom. The van der Waals surface area contributed by atoms with Crippen LogP contribution in [-0.2, 0) is 13.1 Å². The average molecular weight is 184 g/mol. The smallest absolute Gasteiger partial charge is 0.244 e. The molecule has 0 spiro atoms. The lowest BCUT2D eigenvalue weighted by Crippen LogP contribution is -2.25. The molecule has 0 aliphatic rings. The summed E-state index contributed by atoms with van der Waals surface area (Å²) in [5, 5.41) is 7.50. The van der Waals surface area contributed by atoms with E-state index in [1.54, 1.807) is 0 Å². The van der Waals surface area contributed by atoms with Crippen LogP contribution >= 0.6 is 0 Å². The Bertz CT molecular complexity index is 312. The van der Waals surface area contributed by atoms with Gasteiger partial charge in [-0.25, -0.2) is 4.79 Å². The molecule has 0 unspecified atom stereocenters. The minimum atomic E-state index is -0.108. The van der Waals surface area contributed by atoms with Gasteiger partial charge in [0.25, 0.3) is 0 Å². The minimum Gasteiger partial charge on any atom is -0.244 e. The van der Waals surface area contributed by atoms with E-state index in [1.807, 2.05) is 6.92 Å². The Kier molecular flexibility index (Phi) is 3.22. The summed E-state index contributed by atoms with van der Waals surface area (Å²) in [5.74, 6) is 0.582. The van der Waals surface area contributed by atoms with Gasteiger partial charge in [0.2, 0.25) is 0 Å². The summed E-state index contributed by atoms with van der Waals surface area (Å²) in [6.45, 7) is 7.37. The lowest BCUT2D eigenvalue weighted by atomic mass is 10.1. The second-order valence-corrected chi connectivity index (χ2v) is 3.48. The minimum absolute atomic E-state index is 0.108. The fourth-order valence-electron chi connectivity index (χ4n) is 1.03. The van der Waals surface area contributed by atoms with Crippen molar-refractivity contribution in [2.75, 3.05) is 0 Å². The van der Waals surface area contributed by atoms with Gasteiger partial charge in [-0.1, -0.05) is 13.8 Å². The first-order valence-corrected chi connectivity index (χ1v) is 4.65. The largest absolute Gasteiger partial charge is 0.363 e. The van der Waals surface area contributed by atoms with Gasteiger partial charge in [-0.2, -0.15) is 9.36 Å². The molecule has 1 rings (SSSR count). The Hall–Kier alpha value is -1.13. The monoisotopic (exact) mass is 184 g/mol. The van der Waals surface area contributed by atoms with Crippen molar-refractivity contribution >= 4 is 0 Å². The van der Waals surface area contributed by atoms with Crippen LogP contribution in [0.1, 0.15) is 27.2 Å². The van der Waals surface area contributed by atoms with Crippen LogP contribution in [0.25, 0.3) is 0 Å². The molecule has 0 saturated heterocycles. The van der Waals surface area contributed by atoms with Crippen LogP contribution in [0.2, 0.25) is 0 Å². The number of aryl methyl sites for hydroxylation is 2. The van der Waals surface area contributed by atoms with Gasteiger partial charge < -0.3 is 0 Å². The molecule has 0 aromatic carbocycles. The van der Waals surface area contributed by atoms with Crippen molar-refractivity contribution < 1.29 is 0 Å². The first kappa shape index (κ1) is 9.95. The molecule has 1 heterocycles. The SMILES string of the molecule is CCn1nnn(CCC(C)C)c1=O. The third-order valence-electron chi connectivity index (χ3n) is 1.92. The van der Waals surface area contributed by atoms with Gasteiger partial charge >= 0.3 is 5.69 Å². The van der Waals surface area contributed by atoms with E-state index in [-0.39, 0.29) is 5.69 Å². The van der Waals surface area contributed by atoms with E-state index in [9.17, 15) is 4.79 Å². The molecule has 5 heteroatoms. The second kappa shape index (κ2) is 4.20. The highest BCUT2D eigenvalue weighted by Crippen LogP contribution is 1.99. The third kappa shape index (κ3) is 2.40. The van der Waals surface area contributed by atoms with Crippen molar-refractivity contribution in [1.29, 1.82) is 0 Å². The molecule has 0 amide bonds. The predicted molar refractivity (Wildman–Crippen MR) is 49.4 cm³/mol. The van der Waals surface area contributed by atoms with Gasteiger partial charge in [0.1, 0.15) is 0 Å². The standard InChI is InChI=1S/C8H16N4O/c1-4-11-8(13)12(10-9-11)6-5-7(2)3/h7H,4-6H2,1-3H3. The van der Waals surface area contributed by atoms with Crippen molar-refractivity contribution in [3.8, 4) is 0 Å². The maximum atomic E-state index is 11.4. The van der Waals surface area contributed by atoms with E-state index < -0.39 is 0 Å². The maximum Gasteiger partial charge on any atom is 0.363 e. The second-order valence-electron chi connectivity index (χ2n) is 3.48. The maximum absolute atomic E-state index is 11.4. The normalized spacial score (nSPS) is 11.1. The zero-order valence-electron chi connectivity index (χ0n) is 8.40. The summed E-state index contributed by atoms with van der Waals surface area (Å²) in [7, 11) is 0. The topological polar surface area (TPSA) is 52.7 Å². The number of tetrazole rings is 1. The summed E-state index contributed by atoms with van der Waals surface area (Å²) in [6, 6.07) is 0. The predicted octanol–water partition coefficient (Wildman–Crippen LogP) is 0.506. The van der Waals surface area contributed by atoms with Crippen LogP contribution in [0, 0.1) is 5.92 Å². The fraction of sp³-hybridized carbons (Fsp3) is 0.875. The van der Waals surface area contributed by atoms with E-state index in [0.29, 0.717) is 19.0 Å². The first-order chi connectivity index (χ1) is 6.15. The van der Waals surface area contributed by atoms with Crippen molar-refractivity contribution in [1.82, 2.24) is 19.8 Å². The van der Waals surface area contributed by atoms with E-state index in [2.05, 4.69) is 24.3 Å². The highest BCUT2D eigenvalue weighted by atomic mass is 16.2. The van der Waals surface area contributed by atoms with Crippen LogP contribution in [0.5, 0.6) is 0 Å². The summed E-state index contributed by atoms with van der Waals surface area (Å²) < 4.78 is 2.78. The van der Waals surface area contributed by atoms with Gasteiger partial charge in [0.05, 0.1) is 0 Å².